The van der Waals surface area contributed by atoms with Crippen molar-refractivity contribution in [3.8, 4) is 0 Å². The Morgan fingerprint density at radius 3 is 2.35 bits per heavy atom. The van der Waals surface area contributed by atoms with Gasteiger partial charge in [-0.1, -0.05) is 30.3 Å². The predicted octanol–water partition coefficient (Wildman–Crippen LogP) is 1.83. The van der Waals surface area contributed by atoms with Crippen molar-refractivity contribution < 1.29 is 9.53 Å². The molecule has 3 aliphatic rings. The second kappa shape index (κ2) is 8.51. The molecule has 0 spiro atoms. The fraction of sp³-hybridized carbons (Fsp3) is 0.667. The third-order valence-corrected chi connectivity index (χ3v) is 6.23. The molecule has 3 fully saturated rings. The average molecular weight is 357 g/mol. The molecule has 0 N–H and O–H groups in total. The molecule has 0 saturated carbocycles. The lowest BCUT2D eigenvalue weighted by molar-refractivity contribution is -0.137. The molecule has 0 bridgehead atoms. The SMILES string of the molecule is O=C([C@@H]1CCOC1)N1CCC(N2CCN(Cc3ccccc3)CC2)CC1. The van der Waals surface area contributed by atoms with Crippen molar-refractivity contribution in [3.05, 3.63) is 35.9 Å². The number of benzene rings is 1. The molecule has 5 nitrogen and oxygen atoms in total. The molecule has 3 saturated heterocycles. The first-order chi connectivity index (χ1) is 12.8. The summed E-state index contributed by atoms with van der Waals surface area (Å²) < 4.78 is 5.38. The van der Waals surface area contributed by atoms with Crippen molar-refractivity contribution in [1.29, 1.82) is 0 Å². The number of carbonyl (C=O) groups is 1. The summed E-state index contributed by atoms with van der Waals surface area (Å²) in [4.78, 5) is 19.8. The Labute approximate surface area is 156 Å². The van der Waals surface area contributed by atoms with E-state index in [1.807, 2.05) is 0 Å². The number of ether oxygens (including phenoxy) is 1. The van der Waals surface area contributed by atoms with E-state index < -0.39 is 0 Å². The molecule has 0 aromatic heterocycles. The topological polar surface area (TPSA) is 36.0 Å². The summed E-state index contributed by atoms with van der Waals surface area (Å²) in [5.41, 5.74) is 1.41. The van der Waals surface area contributed by atoms with Crippen molar-refractivity contribution in [2.75, 3.05) is 52.5 Å². The Bertz CT molecular complexity index is 572. The van der Waals surface area contributed by atoms with Crippen molar-refractivity contribution in [1.82, 2.24) is 14.7 Å². The lowest BCUT2D eigenvalue weighted by atomic mass is 9.99. The predicted molar refractivity (Wildman–Crippen MR) is 102 cm³/mol. The standard InChI is InChI=1S/C21H31N3O2/c25-21(19-8-15-26-17-19)24-9-6-20(7-10-24)23-13-11-22(12-14-23)16-18-4-2-1-3-5-18/h1-5,19-20H,6-17H2/t19-/m1/s1. The molecule has 1 amide bonds. The Morgan fingerprint density at radius 2 is 1.69 bits per heavy atom. The van der Waals surface area contributed by atoms with Crippen LogP contribution in [0.4, 0.5) is 0 Å². The molecule has 26 heavy (non-hydrogen) atoms. The highest BCUT2D eigenvalue weighted by molar-refractivity contribution is 5.79. The van der Waals surface area contributed by atoms with Crippen LogP contribution in [0.5, 0.6) is 0 Å². The van der Waals surface area contributed by atoms with Gasteiger partial charge in [0, 0.05) is 58.5 Å². The number of nitrogens with zero attached hydrogens (tertiary/aromatic N) is 3. The summed E-state index contributed by atoms with van der Waals surface area (Å²) in [7, 11) is 0. The fourth-order valence-electron chi connectivity index (χ4n) is 4.57. The molecule has 3 heterocycles. The van der Waals surface area contributed by atoms with Crippen LogP contribution in [0.25, 0.3) is 0 Å². The van der Waals surface area contributed by atoms with E-state index in [4.69, 9.17) is 4.74 Å². The molecule has 3 aliphatic heterocycles. The van der Waals surface area contributed by atoms with Gasteiger partial charge in [0.15, 0.2) is 0 Å². The Hall–Kier alpha value is -1.43. The minimum Gasteiger partial charge on any atom is -0.381 e. The average Bonchev–Trinajstić information content (AvgIpc) is 3.24. The minimum atomic E-state index is 0.119. The zero-order valence-corrected chi connectivity index (χ0v) is 15.7. The highest BCUT2D eigenvalue weighted by Crippen LogP contribution is 2.22. The van der Waals surface area contributed by atoms with E-state index in [-0.39, 0.29) is 5.92 Å². The molecule has 1 aromatic carbocycles. The molecular formula is C21H31N3O2. The third-order valence-electron chi connectivity index (χ3n) is 6.23. The highest BCUT2D eigenvalue weighted by Gasteiger charge is 2.32. The van der Waals surface area contributed by atoms with E-state index in [1.165, 1.54) is 5.56 Å². The fourth-order valence-corrected chi connectivity index (χ4v) is 4.57. The molecule has 4 rings (SSSR count). The van der Waals surface area contributed by atoms with E-state index in [1.54, 1.807) is 0 Å². The van der Waals surface area contributed by atoms with Gasteiger partial charge in [-0.15, -0.1) is 0 Å². The van der Waals surface area contributed by atoms with E-state index in [0.29, 0.717) is 18.6 Å². The van der Waals surface area contributed by atoms with Gasteiger partial charge in [0.05, 0.1) is 12.5 Å². The molecule has 5 heteroatoms. The third kappa shape index (κ3) is 4.27. The second-order valence-corrected chi connectivity index (χ2v) is 7.91. The molecule has 0 aliphatic carbocycles. The van der Waals surface area contributed by atoms with Crippen LogP contribution in [0.1, 0.15) is 24.8 Å². The van der Waals surface area contributed by atoms with Crippen molar-refractivity contribution in [2.45, 2.75) is 31.8 Å². The van der Waals surface area contributed by atoms with Gasteiger partial charge in [-0.3, -0.25) is 14.6 Å². The number of hydrogen-bond acceptors (Lipinski definition) is 4. The monoisotopic (exact) mass is 357 g/mol. The van der Waals surface area contributed by atoms with Gasteiger partial charge in [-0.05, 0) is 24.8 Å². The normalized spacial score (nSPS) is 26.3. The van der Waals surface area contributed by atoms with Crippen LogP contribution in [-0.4, -0.2) is 79.1 Å². The van der Waals surface area contributed by atoms with Crippen molar-refractivity contribution >= 4 is 5.91 Å². The maximum atomic E-state index is 12.5. The summed E-state index contributed by atoms with van der Waals surface area (Å²) in [5, 5.41) is 0. The summed E-state index contributed by atoms with van der Waals surface area (Å²) in [6.45, 7) is 8.88. The summed E-state index contributed by atoms with van der Waals surface area (Å²) in [6.07, 6.45) is 3.15. The summed E-state index contributed by atoms with van der Waals surface area (Å²) in [6, 6.07) is 11.4. The first kappa shape index (κ1) is 18.0. The molecule has 0 radical (unpaired) electrons. The zero-order valence-electron chi connectivity index (χ0n) is 15.7. The van der Waals surface area contributed by atoms with Crippen molar-refractivity contribution in [2.24, 2.45) is 5.92 Å². The molecular weight excluding hydrogens is 326 g/mol. The largest absolute Gasteiger partial charge is 0.381 e. The van der Waals surface area contributed by atoms with Crippen LogP contribution in [0.2, 0.25) is 0 Å². The van der Waals surface area contributed by atoms with Gasteiger partial charge in [0.1, 0.15) is 0 Å². The van der Waals surface area contributed by atoms with Crippen LogP contribution in [0.15, 0.2) is 30.3 Å². The number of carbonyl (C=O) groups excluding carboxylic acids is 1. The smallest absolute Gasteiger partial charge is 0.228 e. The molecule has 142 valence electrons. The summed E-state index contributed by atoms with van der Waals surface area (Å²) in [5.74, 6) is 0.446. The highest BCUT2D eigenvalue weighted by atomic mass is 16.5. The van der Waals surface area contributed by atoms with Gasteiger partial charge >= 0.3 is 0 Å². The maximum Gasteiger partial charge on any atom is 0.228 e. The first-order valence-corrected chi connectivity index (χ1v) is 10.2. The van der Waals surface area contributed by atoms with E-state index in [9.17, 15) is 4.79 Å². The van der Waals surface area contributed by atoms with Crippen LogP contribution in [-0.2, 0) is 16.1 Å². The summed E-state index contributed by atoms with van der Waals surface area (Å²) >= 11 is 0. The van der Waals surface area contributed by atoms with Gasteiger partial charge < -0.3 is 9.64 Å². The van der Waals surface area contributed by atoms with Gasteiger partial charge in [0.25, 0.3) is 0 Å². The molecule has 1 aromatic rings. The number of hydrogen-bond donors (Lipinski definition) is 0. The lowest BCUT2D eigenvalue weighted by Gasteiger charge is -2.43. The molecule has 0 unspecified atom stereocenters. The van der Waals surface area contributed by atoms with E-state index in [2.05, 4.69) is 45.0 Å². The van der Waals surface area contributed by atoms with Crippen LogP contribution in [0, 0.1) is 5.92 Å². The van der Waals surface area contributed by atoms with Gasteiger partial charge in [0.2, 0.25) is 5.91 Å². The zero-order chi connectivity index (χ0) is 17.8. The maximum absolute atomic E-state index is 12.5. The number of piperazine rings is 1. The number of likely N-dealkylation sites (tertiary alicyclic amines) is 1. The van der Waals surface area contributed by atoms with E-state index >= 15 is 0 Å². The second-order valence-electron chi connectivity index (χ2n) is 7.91. The van der Waals surface area contributed by atoms with Gasteiger partial charge in [-0.25, -0.2) is 0 Å². The van der Waals surface area contributed by atoms with Crippen LogP contribution in [0.3, 0.4) is 0 Å². The Kier molecular flexibility index (Phi) is 5.88. The van der Waals surface area contributed by atoms with Crippen LogP contribution >= 0.6 is 0 Å². The Morgan fingerprint density at radius 1 is 0.962 bits per heavy atom. The van der Waals surface area contributed by atoms with Crippen LogP contribution < -0.4 is 0 Å². The first-order valence-electron chi connectivity index (χ1n) is 10.2. The van der Waals surface area contributed by atoms with Crippen molar-refractivity contribution in [3.63, 3.8) is 0 Å². The number of amides is 1. The minimum absolute atomic E-state index is 0.119. The number of piperidine rings is 1. The van der Waals surface area contributed by atoms with Gasteiger partial charge in [-0.2, -0.15) is 0 Å². The van der Waals surface area contributed by atoms with E-state index in [0.717, 1.165) is 71.7 Å². The molecule has 1 atom stereocenters. The quantitative estimate of drug-likeness (QED) is 0.824. The Balaban J connectivity index is 1.20. The number of rotatable bonds is 4. The lowest BCUT2D eigenvalue weighted by Crippen LogP contribution is -2.54.